The summed E-state index contributed by atoms with van der Waals surface area (Å²) in [5.74, 6) is 1.15. The van der Waals surface area contributed by atoms with E-state index in [9.17, 15) is 22.8 Å². The Kier molecular flexibility index (Phi) is 6.59. The molecule has 6 rings (SSSR count). The van der Waals surface area contributed by atoms with Crippen LogP contribution in [0.4, 0.5) is 19.0 Å². The maximum Gasteiger partial charge on any atom is 0.416 e. The number of amides is 1. The summed E-state index contributed by atoms with van der Waals surface area (Å²) in [6.45, 7) is 4.35. The van der Waals surface area contributed by atoms with E-state index in [1.165, 1.54) is 6.08 Å². The number of hydrogen-bond acceptors (Lipinski definition) is 6. The number of nitrogens with zero attached hydrogens (tertiary/aromatic N) is 5. The van der Waals surface area contributed by atoms with E-state index in [-0.39, 0.29) is 41.6 Å². The van der Waals surface area contributed by atoms with Gasteiger partial charge in [0, 0.05) is 42.0 Å². The maximum atomic E-state index is 13.1. The SMILES string of the molecule is C=CC(=O)N1CC2CCCC2C1c1nc(-c2ccc(C(=O)Cc3cc(C(F)(F)F)ccn3)cc2)c2c(N)nccn12. The summed E-state index contributed by atoms with van der Waals surface area (Å²) in [4.78, 5) is 40.8. The number of carbonyl (C=O) groups is 2. The number of pyridine rings is 1. The minimum atomic E-state index is -4.52. The number of benzene rings is 1. The lowest BCUT2D eigenvalue weighted by Gasteiger charge is -2.26. The molecule has 41 heavy (non-hydrogen) atoms. The van der Waals surface area contributed by atoms with E-state index >= 15 is 0 Å². The van der Waals surface area contributed by atoms with Gasteiger partial charge >= 0.3 is 6.18 Å². The van der Waals surface area contributed by atoms with Crippen LogP contribution in [0.5, 0.6) is 0 Å². The lowest BCUT2D eigenvalue weighted by molar-refractivity contribution is -0.137. The van der Waals surface area contributed by atoms with Crippen molar-refractivity contribution in [3.8, 4) is 11.3 Å². The number of carbonyl (C=O) groups excluding carboxylic acids is 2. The molecule has 210 valence electrons. The molecule has 4 heterocycles. The summed E-state index contributed by atoms with van der Waals surface area (Å²) in [6, 6.07) is 8.20. The smallest absolute Gasteiger partial charge is 0.382 e. The van der Waals surface area contributed by atoms with Crippen LogP contribution in [0.2, 0.25) is 0 Å². The Labute approximate surface area is 233 Å². The van der Waals surface area contributed by atoms with Crippen molar-refractivity contribution in [1.29, 1.82) is 0 Å². The van der Waals surface area contributed by atoms with Gasteiger partial charge < -0.3 is 10.6 Å². The van der Waals surface area contributed by atoms with E-state index in [2.05, 4.69) is 16.5 Å². The first-order chi connectivity index (χ1) is 19.7. The van der Waals surface area contributed by atoms with Crippen molar-refractivity contribution < 1.29 is 22.8 Å². The zero-order valence-electron chi connectivity index (χ0n) is 22.0. The number of anilines is 1. The van der Waals surface area contributed by atoms with Gasteiger partial charge in [0.05, 0.1) is 18.0 Å². The molecule has 1 saturated heterocycles. The standard InChI is InChI=1S/C30H27F3N6O2/c1-2-24(41)39-16-19-4-3-5-22(19)26(39)29-37-25(27-28(34)36-12-13-38(27)29)18-8-6-17(7-9-18)23(40)15-21-14-20(10-11-35-21)30(31,32)33/h2,6-14,19,22,26H,1,3-5,15-16H2,(H2,34,36). The van der Waals surface area contributed by atoms with Crippen LogP contribution in [-0.4, -0.2) is 42.5 Å². The Morgan fingerprint density at radius 2 is 1.88 bits per heavy atom. The number of nitrogens with two attached hydrogens (primary N) is 1. The third-order valence-corrected chi connectivity index (χ3v) is 8.19. The Morgan fingerprint density at radius 1 is 1.10 bits per heavy atom. The molecule has 1 aliphatic carbocycles. The summed E-state index contributed by atoms with van der Waals surface area (Å²) in [7, 11) is 0. The van der Waals surface area contributed by atoms with Crippen LogP contribution in [0.3, 0.4) is 0 Å². The first-order valence-electron chi connectivity index (χ1n) is 13.4. The minimum absolute atomic E-state index is 0.0397. The van der Waals surface area contributed by atoms with E-state index < -0.39 is 11.7 Å². The van der Waals surface area contributed by atoms with Gasteiger partial charge in [-0.1, -0.05) is 37.3 Å². The zero-order chi connectivity index (χ0) is 28.9. The molecule has 3 aromatic heterocycles. The van der Waals surface area contributed by atoms with Crippen LogP contribution in [0.25, 0.3) is 16.8 Å². The summed E-state index contributed by atoms with van der Waals surface area (Å²) < 4.78 is 41.1. The van der Waals surface area contributed by atoms with E-state index in [1.54, 1.807) is 36.7 Å². The van der Waals surface area contributed by atoms with E-state index in [0.717, 1.165) is 37.6 Å². The highest BCUT2D eigenvalue weighted by Crippen LogP contribution is 2.50. The molecule has 0 spiro atoms. The van der Waals surface area contributed by atoms with Gasteiger partial charge in [-0.2, -0.15) is 13.2 Å². The van der Waals surface area contributed by atoms with Gasteiger partial charge in [0.1, 0.15) is 22.9 Å². The molecule has 3 unspecified atom stereocenters. The number of ketones is 1. The van der Waals surface area contributed by atoms with Gasteiger partial charge in [0.15, 0.2) is 5.78 Å². The zero-order valence-corrected chi connectivity index (χ0v) is 22.0. The lowest BCUT2D eigenvalue weighted by atomic mass is 9.93. The molecule has 0 radical (unpaired) electrons. The Hall–Kier alpha value is -4.54. The monoisotopic (exact) mass is 560 g/mol. The number of fused-ring (bicyclic) bond motifs is 2. The van der Waals surface area contributed by atoms with Crippen LogP contribution < -0.4 is 5.73 Å². The molecule has 2 fully saturated rings. The summed E-state index contributed by atoms with van der Waals surface area (Å²) in [5, 5.41) is 0. The topological polar surface area (TPSA) is 106 Å². The van der Waals surface area contributed by atoms with Crippen LogP contribution in [-0.2, 0) is 17.4 Å². The fraction of sp³-hybridized carbons (Fsp3) is 0.300. The molecule has 0 bridgehead atoms. The highest BCUT2D eigenvalue weighted by atomic mass is 19.4. The largest absolute Gasteiger partial charge is 0.416 e. The second kappa shape index (κ2) is 10.1. The fourth-order valence-corrected chi connectivity index (χ4v) is 6.31. The first kappa shape index (κ1) is 26.7. The Morgan fingerprint density at radius 3 is 2.61 bits per heavy atom. The highest BCUT2D eigenvalue weighted by molar-refractivity contribution is 5.98. The molecule has 11 heteroatoms. The van der Waals surface area contributed by atoms with Crippen LogP contribution >= 0.6 is 0 Å². The van der Waals surface area contributed by atoms with Crippen molar-refractivity contribution in [2.45, 2.75) is 37.9 Å². The van der Waals surface area contributed by atoms with Gasteiger partial charge in [-0.05, 0) is 42.9 Å². The molecule has 4 aromatic rings. The number of Topliss-reactive ketones (excluding diaryl/α,β-unsaturated/α-hetero) is 1. The molecule has 1 aromatic carbocycles. The fourth-order valence-electron chi connectivity index (χ4n) is 6.31. The average molecular weight is 561 g/mol. The third kappa shape index (κ3) is 4.75. The van der Waals surface area contributed by atoms with Crippen molar-refractivity contribution >= 4 is 23.0 Å². The van der Waals surface area contributed by atoms with E-state index in [1.807, 2.05) is 9.30 Å². The molecular weight excluding hydrogens is 533 g/mol. The quantitative estimate of drug-likeness (QED) is 0.253. The molecule has 1 amide bonds. The number of likely N-dealkylation sites (tertiary alicyclic amines) is 1. The average Bonchev–Trinajstić information content (AvgIpc) is 3.66. The number of alkyl halides is 3. The molecule has 2 aliphatic rings. The highest BCUT2D eigenvalue weighted by Gasteiger charge is 2.48. The second-order valence-electron chi connectivity index (χ2n) is 10.6. The van der Waals surface area contributed by atoms with Crippen molar-refractivity contribution in [3.05, 3.63) is 90.3 Å². The lowest BCUT2D eigenvalue weighted by Crippen LogP contribution is -2.32. The predicted molar refractivity (Wildman–Crippen MR) is 146 cm³/mol. The number of hydrogen-bond donors (Lipinski definition) is 1. The van der Waals surface area contributed by atoms with Gasteiger partial charge in [0.2, 0.25) is 5.91 Å². The molecule has 2 N–H and O–H groups in total. The Bertz CT molecular complexity index is 1660. The Balaban J connectivity index is 1.34. The summed E-state index contributed by atoms with van der Waals surface area (Å²) in [5.41, 5.74) is 7.70. The van der Waals surface area contributed by atoms with Gasteiger partial charge in [0.25, 0.3) is 0 Å². The van der Waals surface area contributed by atoms with Crippen molar-refractivity contribution in [1.82, 2.24) is 24.3 Å². The third-order valence-electron chi connectivity index (χ3n) is 8.19. The van der Waals surface area contributed by atoms with Gasteiger partial charge in [-0.3, -0.25) is 19.0 Å². The predicted octanol–water partition coefficient (Wildman–Crippen LogP) is 5.30. The number of nitrogen functional groups attached to an aromatic ring is 1. The van der Waals surface area contributed by atoms with Crippen molar-refractivity contribution in [3.63, 3.8) is 0 Å². The van der Waals surface area contributed by atoms with Gasteiger partial charge in [-0.25, -0.2) is 9.97 Å². The minimum Gasteiger partial charge on any atom is -0.382 e. The second-order valence-corrected chi connectivity index (χ2v) is 10.6. The van der Waals surface area contributed by atoms with Crippen LogP contribution in [0, 0.1) is 11.8 Å². The summed E-state index contributed by atoms with van der Waals surface area (Å²) >= 11 is 0. The number of halogens is 3. The van der Waals surface area contributed by atoms with Crippen LogP contribution in [0.15, 0.2) is 67.6 Å². The normalized spacial score (nSPS) is 20.4. The van der Waals surface area contributed by atoms with E-state index in [0.29, 0.717) is 40.6 Å². The maximum absolute atomic E-state index is 13.1. The summed E-state index contributed by atoms with van der Waals surface area (Å²) in [6.07, 6.45) is 4.16. The molecule has 1 saturated carbocycles. The number of rotatable bonds is 6. The number of aromatic nitrogens is 4. The molecular formula is C30H27F3N6O2. The van der Waals surface area contributed by atoms with Crippen LogP contribution in [0.1, 0.15) is 52.7 Å². The van der Waals surface area contributed by atoms with Gasteiger partial charge in [-0.15, -0.1) is 0 Å². The molecule has 8 nitrogen and oxygen atoms in total. The molecule has 3 atom stereocenters. The number of imidazole rings is 1. The van der Waals surface area contributed by atoms with Crippen molar-refractivity contribution in [2.75, 3.05) is 12.3 Å². The first-order valence-corrected chi connectivity index (χ1v) is 13.4. The molecule has 1 aliphatic heterocycles. The van der Waals surface area contributed by atoms with E-state index in [4.69, 9.17) is 10.7 Å². The van der Waals surface area contributed by atoms with Crippen molar-refractivity contribution in [2.24, 2.45) is 11.8 Å².